The molecule has 1 unspecified atom stereocenters. The van der Waals surface area contributed by atoms with Gasteiger partial charge in [-0.2, -0.15) is 0 Å². The Bertz CT molecular complexity index is 621. The Labute approximate surface area is 127 Å². The Morgan fingerprint density at radius 1 is 1.33 bits per heavy atom. The summed E-state index contributed by atoms with van der Waals surface area (Å²) in [4.78, 5) is 7.38. The maximum atomic E-state index is 4.78. The van der Waals surface area contributed by atoms with Crippen molar-refractivity contribution in [3.8, 4) is 0 Å². The van der Waals surface area contributed by atoms with E-state index in [1.165, 1.54) is 23.9 Å². The van der Waals surface area contributed by atoms with Crippen molar-refractivity contribution in [1.82, 2.24) is 10.3 Å². The third-order valence-electron chi connectivity index (χ3n) is 4.48. The Balaban J connectivity index is 2.11. The van der Waals surface area contributed by atoms with Gasteiger partial charge in [-0.1, -0.05) is 32.0 Å². The molecule has 0 aliphatic carbocycles. The maximum Gasteiger partial charge on any atom is 0.0726 e. The zero-order chi connectivity index (χ0) is 14.8. The molecular weight excluding hydrogens is 258 g/mol. The molecule has 112 valence electrons. The molecule has 0 bridgehead atoms. The molecule has 0 amide bonds. The molecule has 2 heterocycles. The zero-order valence-corrected chi connectivity index (χ0v) is 13.3. The lowest BCUT2D eigenvalue weighted by Gasteiger charge is -2.31. The second-order valence-electron chi connectivity index (χ2n) is 6.33. The summed E-state index contributed by atoms with van der Waals surface area (Å²) in [5, 5.41) is 4.50. The number of para-hydroxylation sites is 1. The second-order valence-corrected chi connectivity index (χ2v) is 6.33. The molecule has 1 aliphatic heterocycles. The van der Waals surface area contributed by atoms with Crippen molar-refractivity contribution in [3.05, 3.63) is 36.0 Å². The van der Waals surface area contributed by atoms with Gasteiger partial charge in [0, 0.05) is 30.2 Å². The predicted octanol–water partition coefficient (Wildman–Crippen LogP) is 3.58. The molecule has 1 atom stereocenters. The highest BCUT2D eigenvalue weighted by molar-refractivity contribution is 5.92. The van der Waals surface area contributed by atoms with Crippen molar-refractivity contribution in [2.45, 2.75) is 39.3 Å². The highest BCUT2D eigenvalue weighted by Gasteiger charge is 2.28. The Morgan fingerprint density at radius 3 is 2.90 bits per heavy atom. The van der Waals surface area contributed by atoms with E-state index >= 15 is 0 Å². The summed E-state index contributed by atoms with van der Waals surface area (Å²) in [6.45, 7) is 6.65. The largest absolute Gasteiger partial charge is 0.368 e. The van der Waals surface area contributed by atoms with E-state index in [1.54, 1.807) is 0 Å². The van der Waals surface area contributed by atoms with Crippen molar-refractivity contribution >= 4 is 16.6 Å². The van der Waals surface area contributed by atoms with Crippen LogP contribution in [0.3, 0.4) is 0 Å². The summed E-state index contributed by atoms with van der Waals surface area (Å²) in [6.07, 6.45) is 2.59. The van der Waals surface area contributed by atoms with Gasteiger partial charge in [0.25, 0.3) is 0 Å². The molecule has 1 aliphatic rings. The Kier molecular flexibility index (Phi) is 4.11. The molecular formula is C18H25N3. The summed E-state index contributed by atoms with van der Waals surface area (Å²) < 4.78 is 0. The van der Waals surface area contributed by atoms with E-state index in [0.717, 1.165) is 24.3 Å². The summed E-state index contributed by atoms with van der Waals surface area (Å²) in [7, 11) is 1.98. The van der Waals surface area contributed by atoms with Gasteiger partial charge in [0.05, 0.1) is 11.2 Å². The van der Waals surface area contributed by atoms with E-state index in [9.17, 15) is 0 Å². The molecule has 1 fully saturated rings. The molecule has 1 saturated heterocycles. The lowest BCUT2D eigenvalue weighted by molar-refractivity contribution is 0.492. The van der Waals surface area contributed by atoms with Crippen LogP contribution in [0.25, 0.3) is 10.9 Å². The number of fused-ring (bicyclic) bond motifs is 1. The molecule has 3 heteroatoms. The van der Waals surface area contributed by atoms with Crippen LogP contribution in [0, 0.1) is 5.92 Å². The quantitative estimate of drug-likeness (QED) is 0.929. The smallest absolute Gasteiger partial charge is 0.0726 e. The lowest BCUT2D eigenvalue weighted by atomic mass is 10.0. The van der Waals surface area contributed by atoms with E-state index < -0.39 is 0 Å². The minimum Gasteiger partial charge on any atom is -0.368 e. The van der Waals surface area contributed by atoms with Crippen LogP contribution in [0.5, 0.6) is 0 Å². The Hall–Kier alpha value is -1.61. The fourth-order valence-electron chi connectivity index (χ4n) is 3.50. The first-order valence-electron chi connectivity index (χ1n) is 8.00. The number of nitrogens with zero attached hydrogens (tertiary/aromatic N) is 2. The van der Waals surface area contributed by atoms with Crippen molar-refractivity contribution in [3.63, 3.8) is 0 Å². The molecule has 1 aromatic heterocycles. The van der Waals surface area contributed by atoms with E-state index in [0.29, 0.717) is 12.0 Å². The van der Waals surface area contributed by atoms with Crippen LogP contribution >= 0.6 is 0 Å². The molecule has 1 aromatic carbocycles. The van der Waals surface area contributed by atoms with Crippen LogP contribution in [0.2, 0.25) is 0 Å². The average molecular weight is 283 g/mol. The molecule has 1 N–H and O–H groups in total. The number of aromatic nitrogens is 1. The topological polar surface area (TPSA) is 28.2 Å². The number of hydrogen-bond acceptors (Lipinski definition) is 3. The number of rotatable bonds is 4. The van der Waals surface area contributed by atoms with Gasteiger partial charge in [0.2, 0.25) is 0 Å². The SMILES string of the molecule is CNCc1cc(N2CCCC2C(C)C)c2ccccc2n1. The van der Waals surface area contributed by atoms with Crippen LogP contribution in [-0.2, 0) is 6.54 Å². The van der Waals surface area contributed by atoms with Gasteiger partial charge in [0.1, 0.15) is 0 Å². The average Bonchev–Trinajstić information content (AvgIpc) is 2.96. The van der Waals surface area contributed by atoms with Crippen molar-refractivity contribution in [2.75, 3.05) is 18.5 Å². The van der Waals surface area contributed by atoms with Crippen molar-refractivity contribution in [2.24, 2.45) is 5.92 Å². The highest BCUT2D eigenvalue weighted by Crippen LogP contribution is 2.34. The standard InChI is InChI=1S/C18H25N3/c1-13(2)17-9-6-10-21(17)18-11-14(12-19-3)20-16-8-5-4-7-15(16)18/h4-5,7-8,11,13,17,19H,6,9-10,12H2,1-3H3. The minimum absolute atomic E-state index is 0.651. The van der Waals surface area contributed by atoms with Gasteiger partial charge in [-0.15, -0.1) is 0 Å². The molecule has 0 saturated carbocycles. The van der Waals surface area contributed by atoms with E-state index in [1.807, 2.05) is 7.05 Å². The third kappa shape index (κ3) is 2.75. The first-order valence-corrected chi connectivity index (χ1v) is 8.00. The first-order chi connectivity index (χ1) is 10.2. The fourth-order valence-corrected chi connectivity index (χ4v) is 3.50. The molecule has 2 aromatic rings. The van der Waals surface area contributed by atoms with E-state index in [2.05, 4.69) is 54.4 Å². The van der Waals surface area contributed by atoms with Crippen LogP contribution in [0.1, 0.15) is 32.4 Å². The monoisotopic (exact) mass is 283 g/mol. The van der Waals surface area contributed by atoms with Crippen LogP contribution in [0.15, 0.2) is 30.3 Å². The summed E-state index contributed by atoms with van der Waals surface area (Å²) in [5.74, 6) is 0.687. The van der Waals surface area contributed by atoms with Gasteiger partial charge < -0.3 is 10.2 Å². The maximum absolute atomic E-state index is 4.78. The second kappa shape index (κ2) is 6.02. The van der Waals surface area contributed by atoms with Gasteiger partial charge in [-0.3, -0.25) is 4.98 Å². The number of anilines is 1. The molecule has 0 radical (unpaired) electrons. The number of hydrogen-bond donors (Lipinski definition) is 1. The number of pyridine rings is 1. The first kappa shape index (κ1) is 14.3. The molecule has 3 rings (SSSR count). The minimum atomic E-state index is 0.651. The van der Waals surface area contributed by atoms with Gasteiger partial charge in [-0.25, -0.2) is 0 Å². The summed E-state index contributed by atoms with van der Waals surface area (Å²) >= 11 is 0. The fraction of sp³-hybridized carbons (Fsp3) is 0.500. The number of nitrogens with one attached hydrogen (secondary N) is 1. The van der Waals surface area contributed by atoms with Crippen molar-refractivity contribution < 1.29 is 0 Å². The van der Waals surface area contributed by atoms with Gasteiger partial charge >= 0.3 is 0 Å². The van der Waals surface area contributed by atoms with Gasteiger partial charge in [0.15, 0.2) is 0 Å². The molecule has 21 heavy (non-hydrogen) atoms. The normalized spacial score (nSPS) is 18.9. The third-order valence-corrected chi connectivity index (χ3v) is 4.48. The van der Waals surface area contributed by atoms with Crippen LogP contribution < -0.4 is 10.2 Å². The predicted molar refractivity (Wildman–Crippen MR) is 89.7 cm³/mol. The lowest BCUT2D eigenvalue weighted by Crippen LogP contribution is -2.33. The number of benzene rings is 1. The van der Waals surface area contributed by atoms with Crippen LogP contribution in [0.4, 0.5) is 5.69 Å². The van der Waals surface area contributed by atoms with E-state index in [4.69, 9.17) is 4.98 Å². The molecule has 3 nitrogen and oxygen atoms in total. The Morgan fingerprint density at radius 2 is 2.14 bits per heavy atom. The highest BCUT2D eigenvalue weighted by atomic mass is 15.2. The summed E-state index contributed by atoms with van der Waals surface area (Å²) in [5.41, 5.74) is 3.59. The molecule has 0 spiro atoms. The van der Waals surface area contributed by atoms with Gasteiger partial charge in [-0.05, 0) is 37.9 Å². The van der Waals surface area contributed by atoms with Crippen LogP contribution in [-0.4, -0.2) is 24.6 Å². The van der Waals surface area contributed by atoms with Crippen molar-refractivity contribution in [1.29, 1.82) is 0 Å². The van der Waals surface area contributed by atoms with E-state index in [-0.39, 0.29) is 0 Å². The summed E-state index contributed by atoms with van der Waals surface area (Å²) in [6, 6.07) is 11.4. The zero-order valence-electron chi connectivity index (χ0n) is 13.3.